The number of fused-ring (bicyclic) bond motifs is 1. The summed E-state index contributed by atoms with van der Waals surface area (Å²) in [7, 11) is -4.25. The molecule has 0 bridgehead atoms. The van der Waals surface area contributed by atoms with Gasteiger partial charge in [0, 0.05) is 30.7 Å². The number of alkyl halides is 3. The summed E-state index contributed by atoms with van der Waals surface area (Å²) in [5, 5.41) is 3.33. The molecule has 1 aliphatic heterocycles. The Bertz CT molecular complexity index is 1400. The quantitative estimate of drug-likeness (QED) is 0.412. The number of aryl methyl sites for hydroxylation is 1. The first kappa shape index (κ1) is 27.5. The van der Waals surface area contributed by atoms with Crippen LogP contribution in [0.2, 0.25) is 5.02 Å². The average molecular weight is 564 g/mol. The predicted molar refractivity (Wildman–Crippen MR) is 132 cm³/mol. The highest BCUT2D eigenvalue weighted by atomic mass is 35.5. The van der Waals surface area contributed by atoms with E-state index >= 15 is 0 Å². The second kappa shape index (κ2) is 10.3. The summed E-state index contributed by atoms with van der Waals surface area (Å²) in [4.78, 5) is 13.0. The van der Waals surface area contributed by atoms with Crippen LogP contribution >= 0.6 is 11.6 Å². The zero-order chi connectivity index (χ0) is 27.1. The van der Waals surface area contributed by atoms with Crippen molar-refractivity contribution in [2.24, 2.45) is 0 Å². The van der Waals surface area contributed by atoms with Crippen molar-refractivity contribution in [3.8, 4) is 11.3 Å². The lowest BCUT2D eigenvalue weighted by Gasteiger charge is -2.31. The Labute approximate surface area is 216 Å². The normalized spacial score (nSPS) is 16.1. The lowest BCUT2D eigenvalue weighted by atomic mass is 10.1. The van der Waals surface area contributed by atoms with Gasteiger partial charge in [-0.15, -0.1) is 0 Å². The molecule has 3 aromatic rings. The molecule has 0 amide bonds. The van der Waals surface area contributed by atoms with E-state index in [0.717, 1.165) is 4.31 Å². The second-order valence-electron chi connectivity index (χ2n) is 9.10. The molecule has 15 heteroatoms. The Morgan fingerprint density at radius 1 is 1.19 bits per heavy atom. The number of halogens is 5. The molecule has 202 valence electrons. The molecule has 2 N–H and O–H groups in total. The third-order valence-electron chi connectivity index (χ3n) is 6.04. The molecule has 1 saturated heterocycles. The number of benzene rings is 1. The Balaban J connectivity index is 1.51. The molecular weight excluding hydrogens is 538 g/mol. The van der Waals surface area contributed by atoms with E-state index in [9.17, 15) is 26.0 Å². The maximum absolute atomic E-state index is 14.9. The van der Waals surface area contributed by atoms with Crippen LogP contribution in [0.4, 0.5) is 23.5 Å². The van der Waals surface area contributed by atoms with E-state index in [0.29, 0.717) is 35.4 Å². The van der Waals surface area contributed by atoms with Gasteiger partial charge in [0.15, 0.2) is 5.82 Å². The Kier molecular flexibility index (Phi) is 7.66. The number of hydrogen-bond donors (Lipinski definition) is 2. The summed E-state index contributed by atoms with van der Waals surface area (Å²) >= 11 is 6.36. The van der Waals surface area contributed by atoms with E-state index < -0.39 is 28.7 Å². The standard InChI is InChI=1S/C22H26ClF4N7O2S/c1-12(2)34-13(3)30-20-17(24)8-14(9-18(20)34)19-16(23)10-28-21(32-19)31-15-4-6-33(7-5-15)37(35,36)29-11-22(25,26)27/h8-10,12,15,29H,4-7,11H2,1-3H3,(H,28,31,32). The minimum absolute atomic E-state index is 0.0196. The zero-order valence-electron chi connectivity index (χ0n) is 20.3. The predicted octanol–water partition coefficient (Wildman–Crippen LogP) is 4.45. The first-order chi connectivity index (χ1) is 17.2. The van der Waals surface area contributed by atoms with Crippen LogP contribution in [-0.4, -0.2) is 64.1 Å². The van der Waals surface area contributed by atoms with Crippen LogP contribution in [0.5, 0.6) is 0 Å². The van der Waals surface area contributed by atoms with Gasteiger partial charge in [-0.25, -0.2) is 19.3 Å². The molecule has 0 radical (unpaired) electrons. The number of nitrogens with zero attached hydrogens (tertiary/aromatic N) is 5. The third kappa shape index (κ3) is 6.13. The monoisotopic (exact) mass is 563 g/mol. The summed E-state index contributed by atoms with van der Waals surface area (Å²) in [6.07, 6.45) is -2.61. The molecule has 0 atom stereocenters. The fraction of sp³-hybridized carbons (Fsp3) is 0.500. The molecule has 0 aliphatic carbocycles. The van der Waals surface area contributed by atoms with Crippen molar-refractivity contribution in [3.63, 3.8) is 0 Å². The van der Waals surface area contributed by atoms with E-state index in [4.69, 9.17) is 11.6 Å². The first-order valence-corrected chi connectivity index (χ1v) is 13.4. The molecule has 0 unspecified atom stereocenters. The van der Waals surface area contributed by atoms with Gasteiger partial charge in [-0.3, -0.25) is 0 Å². The molecule has 0 spiro atoms. The van der Waals surface area contributed by atoms with Crippen LogP contribution in [0.1, 0.15) is 38.6 Å². The fourth-order valence-corrected chi connectivity index (χ4v) is 5.80. The van der Waals surface area contributed by atoms with E-state index in [2.05, 4.69) is 20.3 Å². The van der Waals surface area contributed by atoms with Crippen molar-refractivity contribution in [1.82, 2.24) is 28.5 Å². The van der Waals surface area contributed by atoms with E-state index in [1.165, 1.54) is 12.3 Å². The van der Waals surface area contributed by atoms with Gasteiger partial charge in [-0.05, 0) is 45.7 Å². The highest BCUT2D eigenvalue weighted by Gasteiger charge is 2.33. The number of piperidine rings is 1. The van der Waals surface area contributed by atoms with E-state index in [-0.39, 0.29) is 41.7 Å². The summed E-state index contributed by atoms with van der Waals surface area (Å²) < 4.78 is 80.9. The van der Waals surface area contributed by atoms with Gasteiger partial charge >= 0.3 is 6.18 Å². The van der Waals surface area contributed by atoms with Crippen molar-refractivity contribution in [1.29, 1.82) is 0 Å². The van der Waals surface area contributed by atoms with Crippen LogP contribution in [0.25, 0.3) is 22.3 Å². The van der Waals surface area contributed by atoms with Crippen LogP contribution < -0.4 is 10.0 Å². The number of nitrogens with one attached hydrogen (secondary N) is 2. The van der Waals surface area contributed by atoms with Gasteiger partial charge in [-0.2, -0.15) is 30.6 Å². The minimum atomic E-state index is -4.64. The summed E-state index contributed by atoms with van der Waals surface area (Å²) in [5.41, 5.74) is 1.62. The van der Waals surface area contributed by atoms with E-state index in [1.807, 2.05) is 25.3 Å². The molecule has 1 aromatic carbocycles. The van der Waals surface area contributed by atoms with Gasteiger partial charge < -0.3 is 9.88 Å². The van der Waals surface area contributed by atoms with Crippen LogP contribution in [0.3, 0.4) is 0 Å². The van der Waals surface area contributed by atoms with Crippen molar-refractivity contribution >= 4 is 38.8 Å². The molecule has 1 fully saturated rings. The van der Waals surface area contributed by atoms with Crippen molar-refractivity contribution in [2.45, 2.75) is 51.9 Å². The molecule has 4 rings (SSSR count). The highest BCUT2D eigenvalue weighted by molar-refractivity contribution is 7.87. The Morgan fingerprint density at radius 3 is 2.49 bits per heavy atom. The number of hydrogen-bond acceptors (Lipinski definition) is 6. The van der Waals surface area contributed by atoms with Crippen molar-refractivity contribution in [2.75, 3.05) is 25.0 Å². The first-order valence-electron chi connectivity index (χ1n) is 11.5. The topological polar surface area (TPSA) is 105 Å². The SMILES string of the molecule is Cc1nc2c(F)cc(-c3nc(NC4CCN(S(=O)(=O)NCC(F)(F)F)CC4)ncc3Cl)cc2n1C(C)C. The summed E-state index contributed by atoms with van der Waals surface area (Å²) in [6.45, 7) is 4.17. The van der Waals surface area contributed by atoms with Crippen molar-refractivity contribution in [3.05, 3.63) is 35.0 Å². The van der Waals surface area contributed by atoms with Gasteiger partial charge in [0.05, 0.1) is 22.4 Å². The van der Waals surface area contributed by atoms with Gasteiger partial charge in [0.1, 0.15) is 17.9 Å². The Hall–Kier alpha value is -2.55. The molecule has 2 aromatic heterocycles. The number of imidazole rings is 1. The molecular formula is C22H26ClF4N7O2S. The minimum Gasteiger partial charge on any atom is -0.351 e. The van der Waals surface area contributed by atoms with Gasteiger partial charge in [0.25, 0.3) is 10.2 Å². The largest absolute Gasteiger partial charge is 0.402 e. The zero-order valence-corrected chi connectivity index (χ0v) is 21.8. The van der Waals surface area contributed by atoms with Gasteiger partial charge in [-0.1, -0.05) is 11.6 Å². The van der Waals surface area contributed by atoms with Gasteiger partial charge in [0.2, 0.25) is 5.95 Å². The lowest BCUT2D eigenvalue weighted by Crippen LogP contribution is -2.49. The summed E-state index contributed by atoms with van der Waals surface area (Å²) in [5.74, 6) is 0.385. The maximum Gasteiger partial charge on any atom is 0.402 e. The fourth-order valence-electron chi connectivity index (χ4n) is 4.38. The highest BCUT2D eigenvalue weighted by Crippen LogP contribution is 2.32. The molecule has 0 saturated carbocycles. The number of aromatic nitrogens is 4. The van der Waals surface area contributed by atoms with Crippen LogP contribution in [0.15, 0.2) is 18.3 Å². The van der Waals surface area contributed by atoms with E-state index in [1.54, 1.807) is 10.8 Å². The third-order valence-corrected chi connectivity index (χ3v) is 7.87. The molecule has 3 heterocycles. The number of anilines is 1. The van der Waals surface area contributed by atoms with Crippen LogP contribution in [-0.2, 0) is 10.2 Å². The lowest BCUT2D eigenvalue weighted by molar-refractivity contribution is -0.121. The smallest absolute Gasteiger partial charge is 0.351 e. The molecule has 37 heavy (non-hydrogen) atoms. The number of rotatable bonds is 7. The Morgan fingerprint density at radius 2 is 1.86 bits per heavy atom. The van der Waals surface area contributed by atoms with Crippen LogP contribution in [0, 0.1) is 12.7 Å². The average Bonchev–Trinajstić information content (AvgIpc) is 3.15. The van der Waals surface area contributed by atoms with Crippen molar-refractivity contribution < 1.29 is 26.0 Å². The second-order valence-corrected chi connectivity index (χ2v) is 11.3. The summed E-state index contributed by atoms with van der Waals surface area (Å²) in [6, 6.07) is 2.91. The molecule has 9 nitrogen and oxygen atoms in total. The maximum atomic E-state index is 14.9. The molecule has 1 aliphatic rings.